The molecule has 1 aliphatic carbocycles. The zero-order valence-electron chi connectivity index (χ0n) is 16.7. The van der Waals surface area contributed by atoms with Gasteiger partial charge in [-0.05, 0) is 41.7 Å². The molecule has 3 aromatic carbocycles. The van der Waals surface area contributed by atoms with E-state index < -0.39 is 5.60 Å². The van der Waals surface area contributed by atoms with E-state index in [1.54, 1.807) is 0 Å². The molecule has 1 N–H and O–H groups in total. The van der Waals surface area contributed by atoms with E-state index in [2.05, 4.69) is 45.0 Å². The molecule has 1 heteroatoms. The molecular formula is C27H26O. The lowest BCUT2D eigenvalue weighted by Gasteiger charge is -2.33. The molecule has 0 saturated heterocycles. The van der Waals surface area contributed by atoms with Crippen LogP contribution >= 0.6 is 0 Å². The molecule has 3 aromatic rings. The van der Waals surface area contributed by atoms with Crippen LogP contribution in [0, 0.1) is 5.92 Å². The average molecular weight is 367 g/mol. The Morgan fingerprint density at radius 1 is 0.714 bits per heavy atom. The van der Waals surface area contributed by atoms with Crippen LogP contribution in [0.15, 0.2) is 102 Å². The largest absolute Gasteiger partial charge is 0.376 e. The maximum absolute atomic E-state index is 12.3. The van der Waals surface area contributed by atoms with Crippen molar-refractivity contribution in [2.45, 2.75) is 26.4 Å². The highest BCUT2D eigenvalue weighted by atomic mass is 16.3. The minimum Gasteiger partial charge on any atom is -0.376 e. The summed E-state index contributed by atoms with van der Waals surface area (Å²) in [4.78, 5) is 0. The van der Waals surface area contributed by atoms with Crippen molar-refractivity contribution in [3.63, 3.8) is 0 Å². The van der Waals surface area contributed by atoms with Crippen molar-refractivity contribution in [2.24, 2.45) is 5.92 Å². The van der Waals surface area contributed by atoms with Gasteiger partial charge in [0.25, 0.3) is 0 Å². The number of hydrogen-bond acceptors (Lipinski definition) is 1. The molecule has 1 aliphatic rings. The highest BCUT2D eigenvalue weighted by molar-refractivity contribution is 5.81. The summed E-state index contributed by atoms with van der Waals surface area (Å²) >= 11 is 0. The Morgan fingerprint density at radius 3 is 1.71 bits per heavy atom. The molecule has 0 heterocycles. The van der Waals surface area contributed by atoms with Gasteiger partial charge in [0, 0.05) is 11.5 Å². The second-order valence-corrected chi connectivity index (χ2v) is 7.67. The van der Waals surface area contributed by atoms with Crippen LogP contribution in [0.3, 0.4) is 0 Å². The second-order valence-electron chi connectivity index (χ2n) is 7.67. The van der Waals surface area contributed by atoms with Gasteiger partial charge in [-0.1, -0.05) is 104 Å². The molecule has 0 aliphatic heterocycles. The Morgan fingerprint density at radius 2 is 1.21 bits per heavy atom. The molecule has 0 radical (unpaired) electrons. The number of benzene rings is 3. The topological polar surface area (TPSA) is 20.2 Å². The lowest BCUT2D eigenvalue weighted by molar-refractivity contribution is 0.125. The predicted molar refractivity (Wildman–Crippen MR) is 117 cm³/mol. The Balaban J connectivity index is 2.01. The van der Waals surface area contributed by atoms with Crippen molar-refractivity contribution >= 4 is 5.57 Å². The van der Waals surface area contributed by atoms with E-state index in [4.69, 9.17) is 0 Å². The fourth-order valence-electron chi connectivity index (χ4n) is 4.45. The summed E-state index contributed by atoms with van der Waals surface area (Å²) in [6.07, 6.45) is 2.31. The third-order valence-corrected chi connectivity index (χ3v) is 5.94. The second kappa shape index (κ2) is 7.26. The van der Waals surface area contributed by atoms with Crippen molar-refractivity contribution in [1.82, 2.24) is 0 Å². The van der Waals surface area contributed by atoms with Gasteiger partial charge in [0.2, 0.25) is 0 Å². The van der Waals surface area contributed by atoms with Crippen LogP contribution in [0.4, 0.5) is 0 Å². The lowest BCUT2D eigenvalue weighted by atomic mass is 9.76. The van der Waals surface area contributed by atoms with Gasteiger partial charge in [-0.2, -0.15) is 0 Å². The molecule has 1 nitrogen and oxygen atoms in total. The van der Waals surface area contributed by atoms with Crippen molar-refractivity contribution in [1.29, 1.82) is 0 Å². The van der Waals surface area contributed by atoms with Gasteiger partial charge in [-0.3, -0.25) is 0 Å². The van der Waals surface area contributed by atoms with Gasteiger partial charge in [-0.25, -0.2) is 0 Å². The molecular weight excluding hydrogens is 340 g/mol. The normalized spacial score (nSPS) is 17.0. The molecule has 140 valence electrons. The number of aliphatic hydroxyl groups is 1. The molecule has 1 atom stereocenters. The summed E-state index contributed by atoms with van der Waals surface area (Å²) in [5.41, 5.74) is 6.52. The molecule has 0 bridgehead atoms. The molecule has 1 unspecified atom stereocenters. The summed E-state index contributed by atoms with van der Waals surface area (Å²) < 4.78 is 0. The average Bonchev–Trinajstić information content (AvgIpc) is 3.00. The molecule has 0 amide bonds. The minimum absolute atomic E-state index is 0.331. The Labute approximate surface area is 167 Å². The first-order valence-electron chi connectivity index (χ1n) is 9.86. The van der Waals surface area contributed by atoms with Crippen LogP contribution in [-0.2, 0) is 5.60 Å². The Bertz CT molecular complexity index is 1000. The van der Waals surface area contributed by atoms with E-state index in [0.717, 1.165) is 22.3 Å². The summed E-state index contributed by atoms with van der Waals surface area (Å²) in [5, 5.41) is 12.3. The van der Waals surface area contributed by atoms with Crippen LogP contribution in [0.1, 0.15) is 43.0 Å². The van der Waals surface area contributed by atoms with E-state index in [1.807, 2.05) is 66.7 Å². The summed E-state index contributed by atoms with van der Waals surface area (Å²) in [5.74, 6) is 0.331. The van der Waals surface area contributed by atoms with E-state index >= 15 is 0 Å². The van der Waals surface area contributed by atoms with Crippen LogP contribution in [0.2, 0.25) is 0 Å². The first kappa shape index (κ1) is 18.5. The number of rotatable bonds is 4. The van der Waals surface area contributed by atoms with E-state index in [1.165, 1.54) is 16.7 Å². The van der Waals surface area contributed by atoms with Crippen molar-refractivity contribution in [3.05, 3.63) is 124 Å². The summed E-state index contributed by atoms with van der Waals surface area (Å²) in [6.45, 7) is 6.59. The molecule has 28 heavy (non-hydrogen) atoms. The van der Waals surface area contributed by atoms with Gasteiger partial charge in [0.05, 0.1) is 0 Å². The maximum Gasteiger partial charge on any atom is 0.141 e. The molecule has 0 spiro atoms. The zero-order valence-corrected chi connectivity index (χ0v) is 16.7. The highest BCUT2D eigenvalue weighted by Gasteiger charge is 2.37. The lowest BCUT2D eigenvalue weighted by Crippen LogP contribution is -2.30. The molecule has 4 rings (SSSR count). The number of allylic oxidation sites excluding steroid dienone is 4. The molecule has 0 aromatic heterocycles. The summed E-state index contributed by atoms with van der Waals surface area (Å²) in [6, 6.07) is 28.2. The SMILES string of the molecule is CC1=CC(C)C(c2ccccc2C(O)(c2ccccc2)c2ccccc2)=C1C. The highest BCUT2D eigenvalue weighted by Crippen LogP contribution is 2.45. The van der Waals surface area contributed by atoms with Crippen LogP contribution in [-0.4, -0.2) is 5.11 Å². The van der Waals surface area contributed by atoms with Gasteiger partial charge >= 0.3 is 0 Å². The van der Waals surface area contributed by atoms with Crippen molar-refractivity contribution in [2.75, 3.05) is 0 Å². The van der Waals surface area contributed by atoms with Crippen LogP contribution < -0.4 is 0 Å². The molecule has 0 saturated carbocycles. The summed E-state index contributed by atoms with van der Waals surface area (Å²) in [7, 11) is 0. The smallest absolute Gasteiger partial charge is 0.141 e. The standard InChI is InChI=1S/C27H26O/c1-19-18-20(2)26(21(19)3)24-16-10-11-17-25(24)27(28,22-12-6-4-7-13-22)23-14-8-5-9-15-23/h4-18,20,28H,1-3H3. The van der Waals surface area contributed by atoms with Gasteiger partial charge < -0.3 is 5.11 Å². The van der Waals surface area contributed by atoms with Crippen molar-refractivity contribution < 1.29 is 5.11 Å². The van der Waals surface area contributed by atoms with Gasteiger partial charge in [0.15, 0.2) is 0 Å². The van der Waals surface area contributed by atoms with Crippen LogP contribution in [0.25, 0.3) is 5.57 Å². The quantitative estimate of drug-likeness (QED) is 0.534. The monoisotopic (exact) mass is 366 g/mol. The van der Waals surface area contributed by atoms with Gasteiger partial charge in [0.1, 0.15) is 5.60 Å². The van der Waals surface area contributed by atoms with Crippen molar-refractivity contribution in [3.8, 4) is 0 Å². The Kier molecular flexibility index (Phi) is 4.78. The predicted octanol–water partition coefficient (Wildman–Crippen LogP) is 6.34. The first-order valence-corrected chi connectivity index (χ1v) is 9.86. The minimum atomic E-state index is -1.22. The van der Waals surface area contributed by atoms with E-state index in [-0.39, 0.29) is 0 Å². The fraction of sp³-hybridized carbons (Fsp3) is 0.185. The fourth-order valence-corrected chi connectivity index (χ4v) is 4.45. The third kappa shape index (κ3) is 2.93. The number of hydrogen-bond donors (Lipinski definition) is 1. The zero-order chi connectivity index (χ0) is 19.7. The van der Waals surface area contributed by atoms with Crippen LogP contribution in [0.5, 0.6) is 0 Å². The first-order chi connectivity index (χ1) is 13.5. The van der Waals surface area contributed by atoms with E-state index in [0.29, 0.717) is 5.92 Å². The molecule has 0 fully saturated rings. The Hall–Kier alpha value is -2.90. The maximum atomic E-state index is 12.3. The van der Waals surface area contributed by atoms with Gasteiger partial charge in [-0.15, -0.1) is 0 Å². The third-order valence-electron chi connectivity index (χ3n) is 5.94. The van der Waals surface area contributed by atoms with E-state index in [9.17, 15) is 5.11 Å².